The first kappa shape index (κ1) is 12.5. The lowest BCUT2D eigenvalue weighted by atomic mass is 9.92. The molecule has 0 unspecified atom stereocenters. The van der Waals surface area contributed by atoms with Gasteiger partial charge in [0.1, 0.15) is 5.82 Å². The quantitative estimate of drug-likeness (QED) is 0.641. The third kappa shape index (κ3) is 1.96. The van der Waals surface area contributed by atoms with Gasteiger partial charge in [-0.3, -0.25) is 14.5 Å². The summed E-state index contributed by atoms with van der Waals surface area (Å²) >= 11 is 0. The minimum absolute atomic E-state index is 0.0976. The highest BCUT2D eigenvalue weighted by atomic mass is 19.1. The number of benzene rings is 1. The Morgan fingerprint density at radius 2 is 2.06 bits per heavy atom. The molecule has 1 aliphatic heterocycles. The molecular weight excluding hydrogens is 235 g/mol. The molecule has 96 valence electrons. The maximum Gasteiger partial charge on any atom is 0.235 e. The van der Waals surface area contributed by atoms with E-state index >= 15 is 0 Å². The van der Waals surface area contributed by atoms with Crippen molar-refractivity contribution in [2.24, 2.45) is 5.41 Å². The van der Waals surface area contributed by atoms with Gasteiger partial charge in [-0.25, -0.2) is 4.39 Å². The first-order valence-electron chi connectivity index (χ1n) is 5.70. The first-order chi connectivity index (χ1) is 8.33. The molecule has 0 aliphatic carbocycles. The van der Waals surface area contributed by atoms with Crippen molar-refractivity contribution in [3.05, 3.63) is 29.6 Å². The Kier molecular flexibility index (Phi) is 2.84. The fraction of sp³-hybridized carbons (Fsp3) is 0.385. The topological polar surface area (TPSA) is 63.4 Å². The van der Waals surface area contributed by atoms with Gasteiger partial charge < -0.3 is 5.73 Å². The van der Waals surface area contributed by atoms with Crippen molar-refractivity contribution in [2.45, 2.75) is 26.8 Å². The van der Waals surface area contributed by atoms with Crippen LogP contribution in [0.15, 0.2) is 18.2 Å². The van der Waals surface area contributed by atoms with Crippen LogP contribution in [0.3, 0.4) is 0 Å². The van der Waals surface area contributed by atoms with E-state index in [0.29, 0.717) is 0 Å². The van der Waals surface area contributed by atoms with E-state index in [1.54, 1.807) is 19.9 Å². The van der Waals surface area contributed by atoms with Gasteiger partial charge in [-0.1, -0.05) is 19.9 Å². The van der Waals surface area contributed by atoms with Crippen molar-refractivity contribution in [3.63, 3.8) is 0 Å². The van der Waals surface area contributed by atoms with E-state index in [1.165, 1.54) is 12.1 Å². The zero-order valence-corrected chi connectivity index (χ0v) is 10.4. The lowest BCUT2D eigenvalue weighted by molar-refractivity contribution is -0.141. The molecule has 2 rings (SSSR count). The number of anilines is 1. The van der Waals surface area contributed by atoms with E-state index in [-0.39, 0.29) is 36.0 Å². The third-order valence-electron chi connectivity index (χ3n) is 3.19. The molecule has 1 aliphatic rings. The Bertz CT molecular complexity index is 505. The second-order valence-electron chi connectivity index (χ2n) is 5.15. The van der Waals surface area contributed by atoms with Crippen LogP contribution in [0.5, 0.6) is 0 Å². The summed E-state index contributed by atoms with van der Waals surface area (Å²) in [4.78, 5) is 24.9. The summed E-state index contributed by atoms with van der Waals surface area (Å²) in [5.74, 6) is -1.07. The number of carbonyl (C=O) groups excluding carboxylic acids is 2. The molecule has 1 fully saturated rings. The van der Waals surface area contributed by atoms with Crippen molar-refractivity contribution in [3.8, 4) is 0 Å². The molecule has 0 atom stereocenters. The highest BCUT2D eigenvalue weighted by Gasteiger charge is 2.44. The minimum Gasteiger partial charge on any atom is -0.398 e. The van der Waals surface area contributed by atoms with E-state index in [9.17, 15) is 14.0 Å². The average molecular weight is 250 g/mol. The number of halogens is 1. The van der Waals surface area contributed by atoms with E-state index in [2.05, 4.69) is 0 Å². The molecule has 1 heterocycles. The number of nitrogen functional groups attached to an aromatic ring is 1. The number of carbonyl (C=O) groups is 2. The predicted molar refractivity (Wildman–Crippen MR) is 64.8 cm³/mol. The second kappa shape index (κ2) is 4.08. The minimum atomic E-state index is -0.711. The fourth-order valence-corrected chi connectivity index (χ4v) is 2.09. The van der Waals surface area contributed by atoms with E-state index in [1.807, 2.05) is 0 Å². The number of imide groups is 1. The monoisotopic (exact) mass is 250 g/mol. The van der Waals surface area contributed by atoms with Crippen LogP contribution in [0, 0.1) is 11.2 Å². The van der Waals surface area contributed by atoms with Crippen molar-refractivity contribution in [1.29, 1.82) is 0 Å². The molecule has 0 radical (unpaired) electrons. The third-order valence-corrected chi connectivity index (χ3v) is 3.19. The zero-order chi connectivity index (χ0) is 13.5. The lowest BCUT2D eigenvalue weighted by Crippen LogP contribution is -2.33. The number of rotatable bonds is 2. The van der Waals surface area contributed by atoms with Crippen LogP contribution < -0.4 is 5.73 Å². The SMILES string of the molecule is CC1(C)CC(=O)N(Cc2c(N)cccc2F)C1=O. The highest BCUT2D eigenvalue weighted by Crippen LogP contribution is 2.33. The van der Waals surface area contributed by atoms with Gasteiger partial charge in [0.15, 0.2) is 0 Å². The van der Waals surface area contributed by atoms with Crippen LogP contribution in [-0.2, 0) is 16.1 Å². The van der Waals surface area contributed by atoms with Crippen LogP contribution in [-0.4, -0.2) is 16.7 Å². The zero-order valence-electron chi connectivity index (χ0n) is 10.4. The molecular formula is C13H15FN2O2. The van der Waals surface area contributed by atoms with Crippen molar-refractivity contribution >= 4 is 17.5 Å². The Hall–Kier alpha value is -1.91. The maximum atomic E-state index is 13.6. The molecule has 4 nitrogen and oxygen atoms in total. The number of nitrogens with two attached hydrogens (primary N) is 1. The molecule has 0 aromatic heterocycles. The van der Waals surface area contributed by atoms with Gasteiger partial charge in [0.25, 0.3) is 0 Å². The second-order valence-corrected chi connectivity index (χ2v) is 5.15. The maximum absolute atomic E-state index is 13.6. The first-order valence-corrected chi connectivity index (χ1v) is 5.70. The van der Waals surface area contributed by atoms with Gasteiger partial charge in [0.05, 0.1) is 12.0 Å². The summed E-state index contributed by atoms with van der Waals surface area (Å²) < 4.78 is 13.6. The number of hydrogen-bond acceptors (Lipinski definition) is 3. The van der Waals surface area contributed by atoms with Crippen LogP contribution in [0.2, 0.25) is 0 Å². The smallest absolute Gasteiger partial charge is 0.235 e. The van der Waals surface area contributed by atoms with Gasteiger partial charge in [-0.05, 0) is 12.1 Å². The van der Waals surface area contributed by atoms with E-state index < -0.39 is 11.2 Å². The molecule has 0 saturated carbocycles. The summed E-state index contributed by atoms with van der Waals surface area (Å²) in [6.45, 7) is 3.31. The van der Waals surface area contributed by atoms with Crippen LogP contribution in [0.25, 0.3) is 0 Å². The number of amides is 2. The lowest BCUT2D eigenvalue weighted by Gasteiger charge is -2.18. The molecule has 18 heavy (non-hydrogen) atoms. The van der Waals surface area contributed by atoms with Crippen LogP contribution in [0.1, 0.15) is 25.8 Å². The Morgan fingerprint density at radius 1 is 1.39 bits per heavy atom. The summed E-state index contributed by atoms with van der Waals surface area (Å²) in [5, 5.41) is 0. The number of hydrogen-bond donors (Lipinski definition) is 1. The molecule has 2 amide bonds. The van der Waals surface area contributed by atoms with Crippen LogP contribution in [0.4, 0.5) is 10.1 Å². The van der Waals surface area contributed by atoms with Gasteiger partial charge in [-0.15, -0.1) is 0 Å². The summed E-state index contributed by atoms with van der Waals surface area (Å²) in [5.41, 5.74) is 5.40. The molecule has 1 aromatic rings. The summed E-state index contributed by atoms with van der Waals surface area (Å²) in [7, 11) is 0. The average Bonchev–Trinajstić information content (AvgIpc) is 2.45. The predicted octanol–water partition coefficient (Wildman–Crippen LogP) is 1.69. The molecule has 0 bridgehead atoms. The Labute approximate surface area is 105 Å². The van der Waals surface area contributed by atoms with Gasteiger partial charge >= 0.3 is 0 Å². The normalized spacial score (nSPS) is 18.5. The largest absolute Gasteiger partial charge is 0.398 e. The van der Waals surface area contributed by atoms with Crippen LogP contribution >= 0.6 is 0 Å². The van der Waals surface area contributed by atoms with Gasteiger partial charge in [-0.2, -0.15) is 0 Å². The molecule has 2 N–H and O–H groups in total. The Morgan fingerprint density at radius 3 is 2.56 bits per heavy atom. The number of nitrogens with zero attached hydrogens (tertiary/aromatic N) is 1. The summed E-state index contributed by atoms with van der Waals surface area (Å²) in [6, 6.07) is 4.31. The standard InChI is InChI=1S/C13H15FN2O2/c1-13(2)6-11(17)16(12(13)18)7-8-9(14)4-3-5-10(8)15/h3-5H,6-7,15H2,1-2H3. The van der Waals surface area contributed by atoms with E-state index in [0.717, 1.165) is 4.90 Å². The van der Waals surface area contributed by atoms with Crippen molar-refractivity contribution in [2.75, 3.05) is 5.73 Å². The Balaban J connectivity index is 2.30. The van der Waals surface area contributed by atoms with Gasteiger partial charge in [0, 0.05) is 17.7 Å². The summed E-state index contributed by atoms with van der Waals surface area (Å²) in [6.07, 6.45) is 0.153. The fourth-order valence-electron chi connectivity index (χ4n) is 2.09. The molecule has 5 heteroatoms. The van der Waals surface area contributed by atoms with Crippen molar-refractivity contribution in [1.82, 2.24) is 4.90 Å². The molecule has 1 aromatic carbocycles. The molecule has 1 saturated heterocycles. The van der Waals surface area contributed by atoms with E-state index in [4.69, 9.17) is 5.73 Å². The number of likely N-dealkylation sites (tertiary alicyclic amines) is 1. The highest BCUT2D eigenvalue weighted by molar-refractivity contribution is 6.05. The van der Waals surface area contributed by atoms with Crippen molar-refractivity contribution < 1.29 is 14.0 Å². The van der Waals surface area contributed by atoms with Gasteiger partial charge in [0.2, 0.25) is 11.8 Å². The molecule has 0 spiro atoms.